The van der Waals surface area contributed by atoms with Crippen molar-refractivity contribution in [3.8, 4) is 0 Å². The molecule has 0 atom stereocenters. The summed E-state index contributed by atoms with van der Waals surface area (Å²) in [5.74, 6) is -1.21. The monoisotopic (exact) mass is 287 g/mol. The van der Waals surface area contributed by atoms with Crippen LogP contribution in [0.25, 0.3) is 11.1 Å². The van der Waals surface area contributed by atoms with Crippen molar-refractivity contribution in [3.05, 3.63) is 69.2 Å². The molecule has 0 saturated carbocycles. The largest absolute Gasteiger partial charge is 0.427 e. The molecule has 0 unspecified atom stereocenters. The molecule has 1 aromatic heterocycles. The van der Waals surface area contributed by atoms with Crippen molar-refractivity contribution in [2.24, 2.45) is 0 Å². The van der Waals surface area contributed by atoms with Crippen LogP contribution < -0.4 is 5.76 Å². The van der Waals surface area contributed by atoms with Crippen LogP contribution in [0.2, 0.25) is 5.02 Å². The van der Waals surface area contributed by atoms with Gasteiger partial charge in [0.25, 0.3) is 5.91 Å². The number of hydrogen-bond donors (Lipinski definition) is 0. The third-order valence-corrected chi connectivity index (χ3v) is 3.37. The van der Waals surface area contributed by atoms with Crippen LogP contribution in [0.1, 0.15) is 15.9 Å². The topological polar surface area (TPSA) is 52.2 Å². The van der Waals surface area contributed by atoms with Gasteiger partial charge in [-0.2, -0.15) is 0 Å². The highest BCUT2D eigenvalue weighted by atomic mass is 35.5. The van der Waals surface area contributed by atoms with Crippen molar-refractivity contribution < 1.29 is 9.21 Å². The molecule has 3 rings (SSSR count). The van der Waals surface area contributed by atoms with Crippen molar-refractivity contribution in [2.45, 2.75) is 6.92 Å². The predicted octanol–water partition coefficient (Wildman–Crippen LogP) is 3.24. The standard InChI is InChI=1S/C15H10ClNO3/c1-9-6-7-13-12(8-9)17(15(19)20-13)14(18)10-4-2-3-5-11(10)16/h2-8H,1H3. The zero-order chi connectivity index (χ0) is 14.3. The number of oxazole rings is 1. The number of halogens is 1. The molecule has 0 aliphatic carbocycles. The number of carbonyl (C=O) groups is 1. The molecule has 0 aliphatic rings. The molecule has 0 bridgehead atoms. The van der Waals surface area contributed by atoms with Crippen molar-refractivity contribution >= 4 is 28.6 Å². The number of aryl methyl sites for hydroxylation is 1. The summed E-state index contributed by atoms with van der Waals surface area (Å²) in [4.78, 5) is 24.4. The minimum Gasteiger partial charge on any atom is -0.407 e. The number of benzene rings is 2. The Balaban J connectivity index is 2.27. The Kier molecular flexibility index (Phi) is 2.95. The highest BCUT2D eigenvalue weighted by Crippen LogP contribution is 2.20. The van der Waals surface area contributed by atoms with Crippen LogP contribution in [0, 0.1) is 6.92 Å². The van der Waals surface area contributed by atoms with Crippen LogP contribution in [0.5, 0.6) is 0 Å². The van der Waals surface area contributed by atoms with Crippen LogP contribution in [0.3, 0.4) is 0 Å². The molecule has 0 aliphatic heterocycles. The second-order valence-corrected chi connectivity index (χ2v) is 4.87. The molecule has 0 saturated heterocycles. The normalized spacial score (nSPS) is 10.9. The van der Waals surface area contributed by atoms with Crippen LogP contribution >= 0.6 is 11.6 Å². The van der Waals surface area contributed by atoms with Crippen molar-refractivity contribution in [3.63, 3.8) is 0 Å². The van der Waals surface area contributed by atoms with Gasteiger partial charge in [0.05, 0.1) is 16.1 Å². The van der Waals surface area contributed by atoms with Gasteiger partial charge in [-0.05, 0) is 36.8 Å². The first kappa shape index (κ1) is 12.7. The number of aromatic nitrogens is 1. The van der Waals surface area contributed by atoms with E-state index in [2.05, 4.69) is 0 Å². The molecule has 0 radical (unpaired) electrons. The van der Waals surface area contributed by atoms with Crippen molar-refractivity contribution in [1.82, 2.24) is 4.57 Å². The minimum absolute atomic E-state index is 0.264. The van der Waals surface area contributed by atoms with Crippen molar-refractivity contribution in [1.29, 1.82) is 0 Å². The first-order valence-corrected chi connectivity index (χ1v) is 6.37. The van der Waals surface area contributed by atoms with Crippen LogP contribution in [0.15, 0.2) is 51.7 Å². The zero-order valence-electron chi connectivity index (χ0n) is 10.6. The van der Waals surface area contributed by atoms with Gasteiger partial charge in [-0.1, -0.05) is 29.8 Å². The van der Waals surface area contributed by atoms with Gasteiger partial charge >= 0.3 is 5.76 Å². The van der Waals surface area contributed by atoms with Gasteiger partial charge in [0, 0.05) is 0 Å². The minimum atomic E-state index is -0.712. The molecular weight excluding hydrogens is 278 g/mol. The van der Waals surface area contributed by atoms with E-state index >= 15 is 0 Å². The van der Waals surface area contributed by atoms with E-state index in [1.54, 1.807) is 36.4 Å². The van der Waals surface area contributed by atoms with Gasteiger partial charge in [-0.3, -0.25) is 4.79 Å². The Labute approximate surface area is 119 Å². The lowest BCUT2D eigenvalue weighted by atomic mass is 10.2. The second-order valence-electron chi connectivity index (χ2n) is 4.46. The van der Waals surface area contributed by atoms with E-state index in [1.807, 2.05) is 13.0 Å². The van der Waals surface area contributed by atoms with Gasteiger partial charge in [-0.15, -0.1) is 0 Å². The molecule has 2 aromatic carbocycles. The van der Waals surface area contributed by atoms with Gasteiger partial charge < -0.3 is 4.42 Å². The van der Waals surface area contributed by atoms with E-state index in [9.17, 15) is 9.59 Å². The predicted molar refractivity (Wildman–Crippen MR) is 76.4 cm³/mol. The third kappa shape index (κ3) is 1.94. The zero-order valence-corrected chi connectivity index (χ0v) is 11.3. The molecular formula is C15H10ClNO3. The molecule has 3 aromatic rings. The molecule has 0 spiro atoms. The Bertz CT molecular complexity index is 876. The number of hydrogen-bond acceptors (Lipinski definition) is 3. The number of fused-ring (bicyclic) bond motifs is 1. The van der Waals surface area contributed by atoms with Gasteiger partial charge in [0.1, 0.15) is 0 Å². The number of rotatable bonds is 1. The molecule has 0 amide bonds. The van der Waals surface area contributed by atoms with Crippen LogP contribution in [0.4, 0.5) is 0 Å². The fourth-order valence-electron chi connectivity index (χ4n) is 2.07. The Morgan fingerprint density at radius 1 is 1.20 bits per heavy atom. The molecule has 0 fully saturated rings. The lowest BCUT2D eigenvalue weighted by molar-refractivity contribution is 0.0956. The summed E-state index contributed by atoms with van der Waals surface area (Å²) in [6, 6.07) is 11.8. The van der Waals surface area contributed by atoms with E-state index in [1.165, 1.54) is 0 Å². The summed E-state index contributed by atoms with van der Waals surface area (Å²) in [5.41, 5.74) is 2.01. The molecule has 4 nitrogen and oxygen atoms in total. The lowest BCUT2D eigenvalue weighted by Crippen LogP contribution is -2.23. The maximum atomic E-state index is 12.5. The van der Waals surface area contributed by atoms with E-state index in [-0.39, 0.29) is 5.56 Å². The highest BCUT2D eigenvalue weighted by molar-refractivity contribution is 6.34. The third-order valence-electron chi connectivity index (χ3n) is 3.04. The Morgan fingerprint density at radius 2 is 1.95 bits per heavy atom. The maximum Gasteiger partial charge on any atom is 0.427 e. The molecule has 0 N–H and O–H groups in total. The van der Waals surface area contributed by atoms with Crippen LogP contribution in [-0.2, 0) is 0 Å². The van der Waals surface area contributed by atoms with E-state index in [0.29, 0.717) is 16.1 Å². The molecule has 1 heterocycles. The Hall–Kier alpha value is -2.33. The molecule has 20 heavy (non-hydrogen) atoms. The second kappa shape index (κ2) is 4.65. The van der Waals surface area contributed by atoms with E-state index in [4.69, 9.17) is 16.0 Å². The first-order valence-electron chi connectivity index (χ1n) is 5.99. The highest BCUT2D eigenvalue weighted by Gasteiger charge is 2.19. The lowest BCUT2D eigenvalue weighted by Gasteiger charge is -2.03. The van der Waals surface area contributed by atoms with E-state index < -0.39 is 11.7 Å². The summed E-state index contributed by atoms with van der Waals surface area (Å²) in [6.45, 7) is 1.88. The number of nitrogens with zero attached hydrogens (tertiary/aromatic N) is 1. The molecule has 5 heteroatoms. The summed E-state index contributed by atoms with van der Waals surface area (Å²) in [5, 5.41) is 0.298. The number of carbonyl (C=O) groups excluding carboxylic acids is 1. The van der Waals surface area contributed by atoms with Crippen molar-refractivity contribution in [2.75, 3.05) is 0 Å². The van der Waals surface area contributed by atoms with Crippen LogP contribution in [-0.4, -0.2) is 10.5 Å². The fourth-order valence-corrected chi connectivity index (χ4v) is 2.29. The summed E-state index contributed by atoms with van der Waals surface area (Å²) < 4.78 is 6.08. The van der Waals surface area contributed by atoms with Gasteiger partial charge in [-0.25, -0.2) is 9.36 Å². The average Bonchev–Trinajstić information content (AvgIpc) is 2.74. The summed E-state index contributed by atoms with van der Waals surface area (Å²) in [6.07, 6.45) is 0. The summed E-state index contributed by atoms with van der Waals surface area (Å²) in [7, 11) is 0. The smallest absolute Gasteiger partial charge is 0.407 e. The summed E-state index contributed by atoms with van der Waals surface area (Å²) >= 11 is 6.00. The van der Waals surface area contributed by atoms with E-state index in [0.717, 1.165) is 10.1 Å². The fraction of sp³-hybridized carbons (Fsp3) is 0.0667. The Morgan fingerprint density at radius 3 is 2.70 bits per heavy atom. The maximum absolute atomic E-state index is 12.5. The molecule has 100 valence electrons. The average molecular weight is 288 g/mol. The van der Waals surface area contributed by atoms with Gasteiger partial charge in [0.15, 0.2) is 5.58 Å². The first-order chi connectivity index (χ1) is 9.58. The SMILES string of the molecule is Cc1ccc2oc(=O)n(C(=O)c3ccccc3Cl)c2c1. The quantitative estimate of drug-likeness (QED) is 0.690. The van der Waals surface area contributed by atoms with Gasteiger partial charge in [0.2, 0.25) is 0 Å².